The summed E-state index contributed by atoms with van der Waals surface area (Å²) in [6.45, 7) is 3.89. The van der Waals surface area contributed by atoms with E-state index in [1.54, 1.807) is 23.6 Å². The molecule has 1 aromatic carbocycles. The normalized spacial score (nSPS) is 10.6. The second-order valence-corrected chi connectivity index (χ2v) is 5.94. The van der Waals surface area contributed by atoms with Crippen molar-refractivity contribution in [2.45, 2.75) is 25.2 Å². The van der Waals surface area contributed by atoms with Crippen molar-refractivity contribution >= 4 is 23.4 Å². The Hall–Kier alpha value is -1.95. The third-order valence-electron chi connectivity index (χ3n) is 3.68. The summed E-state index contributed by atoms with van der Waals surface area (Å²) in [5.74, 6) is 0.592. The molecule has 1 N–H and O–H groups in total. The molecule has 0 aliphatic heterocycles. The van der Waals surface area contributed by atoms with E-state index in [0.29, 0.717) is 17.9 Å². The third-order valence-corrected chi connectivity index (χ3v) is 4.40. The van der Waals surface area contributed by atoms with Crippen molar-refractivity contribution in [3.8, 4) is 5.75 Å². The van der Waals surface area contributed by atoms with Crippen LogP contribution in [0.2, 0.25) is 0 Å². The summed E-state index contributed by atoms with van der Waals surface area (Å²) in [7, 11) is 3.48. The van der Waals surface area contributed by atoms with Crippen molar-refractivity contribution in [1.82, 2.24) is 9.78 Å². The lowest BCUT2D eigenvalue weighted by atomic mass is 10.1. The molecule has 1 amide bonds. The van der Waals surface area contributed by atoms with Gasteiger partial charge in [0.25, 0.3) is 0 Å². The van der Waals surface area contributed by atoms with Gasteiger partial charge in [-0.15, -0.1) is 11.8 Å². The van der Waals surface area contributed by atoms with Gasteiger partial charge >= 0.3 is 0 Å². The Kier molecular flexibility index (Phi) is 5.13. The number of carbonyl (C=O) groups is 1. The van der Waals surface area contributed by atoms with E-state index < -0.39 is 0 Å². The number of benzene rings is 1. The van der Waals surface area contributed by atoms with Crippen molar-refractivity contribution < 1.29 is 9.53 Å². The number of aryl methyl sites for hydroxylation is 2. The number of aromatic nitrogens is 2. The fraction of sp³-hybridized carbons (Fsp3) is 0.375. The average Bonchev–Trinajstić information content (AvgIpc) is 2.74. The van der Waals surface area contributed by atoms with E-state index >= 15 is 0 Å². The first-order valence-electron chi connectivity index (χ1n) is 6.97. The van der Waals surface area contributed by atoms with E-state index in [-0.39, 0.29) is 5.91 Å². The molecule has 1 heterocycles. The molecule has 0 saturated heterocycles. The predicted molar refractivity (Wildman–Crippen MR) is 89.8 cm³/mol. The zero-order valence-electron chi connectivity index (χ0n) is 13.6. The van der Waals surface area contributed by atoms with Crippen molar-refractivity contribution in [3.63, 3.8) is 0 Å². The van der Waals surface area contributed by atoms with E-state index in [9.17, 15) is 4.79 Å². The van der Waals surface area contributed by atoms with Crippen LogP contribution in [0.4, 0.5) is 5.69 Å². The van der Waals surface area contributed by atoms with Gasteiger partial charge in [0.1, 0.15) is 5.75 Å². The number of carbonyl (C=O) groups excluding carboxylic acids is 1. The van der Waals surface area contributed by atoms with Gasteiger partial charge in [-0.3, -0.25) is 9.48 Å². The summed E-state index contributed by atoms with van der Waals surface area (Å²) in [5.41, 5.74) is 3.56. The molecule has 2 aromatic rings. The first kappa shape index (κ1) is 16.4. The Morgan fingerprint density at radius 1 is 1.41 bits per heavy atom. The largest absolute Gasteiger partial charge is 0.495 e. The Morgan fingerprint density at radius 3 is 2.68 bits per heavy atom. The lowest BCUT2D eigenvalue weighted by Gasteiger charge is -2.11. The fourth-order valence-corrected chi connectivity index (χ4v) is 2.76. The number of nitrogens with zero attached hydrogens (tertiary/aromatic N) is 2. The summed E-state index contributed by atoms with van der Waals surface area (Å²) in [6.07, 6.45) is 2.31. The number of hydrogen-bond acceptors (Lipinski definition) is 4. The molecule has 0 bridgehead atoms. The minimum Gasteiger partial charge on any atom is -0.495 e. The van der Waals surface area contributed by atoms with E-state index in [4.69, 9.17) is 4.74 Å². The lowest BCUT2D eigenvalue weighted by molar-refractivity contribution is -0.115. The first-order chi connectivity index (χ1) is 10.5. The number of hydrogen-bond donors (Lipinski definition) is 1. The number of rotatable bonds is 5. The highest BCUT2D eigenvalue weighted by Gasteiger charge is 2.15. The molecule has 0 aliphatic rings. The number of ether oxygens (including phenoxy) is 1. The van der Waals surface area contributed by atoms with Gasteiger partial charge in [0, 0.05) is 23.2 Å². The van der Waals surface area contributed by atoms with Crippen LogP contribution < -0.4 is 10.1 Å². The molecule has 0 atom stereocenters. The Bertz CT molecular complexity index is 695. The summed E-state index contributed by atoms with van der Waals surface area (Å²) < 4.78 is 7.14. The molecular weight excluding hydrogens is 298 g/mol. The SMILES string of the molecule is COc1cc(SC)ccc1NC(=O)Cc1c(C)nn(C)c1C. The molecule has 6 heteroatoms. The molecular formula is C16H21N3O2S. The second-order valence-electron chi connectivity index (χ2n) is 5.06. The molecule has 0 aliphatic carbocycles. The standard InChI is InChI=1S/C16H21N3O2S/c1-10-13(11(2)19(3)18-10)9-16(20)17-14-7-6-12(22-5)8-15(14)21-4/h6-8H,9H2,1-5H3,(H,17,20). The molecule has 0 fully saturated rings. The zero-order chi connectivity index (χ0) is 16.3. The van der Waals surface area contributed by atoms with Gasteiger partial charge in [0.2, 0.25) is 5.91 Å². The van der Waals surface area contributed by atoms with Gasteiger partial charge in [-0.2, -0.15) is 5.10 Å². The molecule has 5 nitrogen and oxygen atoms in total. The van der Waals surface area contributed by atoms with Crippen LogP contribution in [0.5, 0.6) is 5.75 Å². The van der Waals surface area contributed by atoms with E-state index in [0.717, 1.165) is 21.8 Å². The fourth-order valence-electron chi connectivity index (χ4n) is 2.33. The van der Waals surface area contributed by atoms with Crippen molar-refractivity contribution in [1.29, 1.82) is 0 Å². The first-order valence-corrected chi connectivity index (χ1v) is 8.19. The van der Waals surface area contributed by atoms with Crippen LogP contribution in [0.1, 0.15) is 17.0 Å². The lowest BCUT2D eigenvalue weighted by Crippen LogP contribution is -2.16. The molecule has 118 valence electrons. The summed E-state index contributed by atoms with van der Waals surface area (Å²) in [4.78, 5) is 13.4. The molecule has 22 heavy (non-hydrogen) atoms. The van der Waals surface area contributed by atoms with Crippen LogP contribution in [0.25, 0.3) is 0 Å². The van der Waals surface area contributed by atoms with Crippen molar-refractivity contribution in [2.24, 2.45) is 7.05 Å². The summed E-state index contributed by atoms with van der Waals surface area (Å²) in [5, 5.41) is 7.25. The highest BCUT2D eigenvalue weighted by molar-refractivity contribution is 7.98. The van der Waals surface area contributed by atoms with Crippen LogP contribution in [0.3, 0.4) is 0 Å². The quantitative estimate of drug-likeness (QED) is 0.861. The number of thioether (sulfide) groups is 1. The Labute approximate surface area is 135 Å². The zero-order valence-corrected chi connectivity index (χ0v) is 14.4. The van der Waals surface area contributed by atoms with Gasteiger partial charge in [-0.05, 0) is 38.3 Å². The molecule has 0 saturated carbocycles. The molecule has 0 spiro atoms. The maximum atomic E-state index is 12.3. The average molecular weight is 319 g/mol. The smallest absolute Gasteiger partial charge is 0.229 e. The summed E-state index contributed by atoms with van der Waals surface area (Å²) in [6, 6.07) is 5.75. The van der Waals surface area contributed by atoms with E-state index in [1.807, 2.05) is 45.4 Å². The van der Waals surface area contributed by atoms with Crippen LogP contribution in [-0.4, -0.2) is 29.1 Å². The van der Waals surface area contributed by atoms with Gasteiger partial charge in [0.05, 0.1) is 24.9 Å². The van der Waals surface area contributed by atoms with Crippen molar-refractivity contribution in [2.75, 3.05) is 18.7 Å². The van der Waals surface area contributed by atoms with Gasteiger partial charge in [-0.25, -0.2) is 0 Å². The second kappa shape index (κ2) is 6.87. The number of amides is 1. The highest BCUT2D eigenvalue weighted by Crippen LogP contribution is 2.29. The topological polar surface area (TPSA) is 56.1 Å². The monoisotopic (exact) mass is 319 g/mol. The van der Waals surface area contributed by atoms with Gasteiger partial charge in [0.15, 0.2) is 0 Å². The molecule has 1 aromatic heterocycles. The maximum Gasteiger partial charge on any atom is 0.229 e. The highest BCUT2D eigenvalue weighted by atomic mass is 32.2. The minimum atomic E-state index is -0.0746. The van der Waals surface area contributed by atoms with Crippen LogP contribution >= 0.6 is 11.8 Å². The Balaban J connectivity index is 2.15. The maximum absolute atomic E-state index is 12.3. The van der Waals surface area contributed by atoms with Gasteiger partial charge < -0.3 is 10.1 Å². The number of nitrogens with one attached hydrogen (secondary N) is 1. The Morgan fingerprint density at radius 2 is 2.14 bits per heavy atom. The predicted octanol–water partition coefficient (Wildman–Crippen LogP) is 2.95. The molecule has 0 unspecified atom stereocenters. The van der Waals surface area contributed by atoms with Crippen LogP contribution in [0.15, 0.2) is 23.1 Å². The van der Waals surface area contributed by atoms with E-state index in [2.05, 4.69) is 10.4 Å². The minimum absolute atomic E-state index is 0.0746. The van der Waals surface area contributed by atoms with E-state index in [1.165, 1.54) is 0 Å². The van der Waals surface area contributed by atoms with Crippen LogP contribution in [-0.2, 0) is 18.3 Å². The molecule has 2 rings (SSSR count). The van der Waals surface area contributed by atoms with Crippen molar-refractivity contribution in [3.05, 3.63) is 35.2 Å². The summed E-state index contributed by atoms with van der Waals surface area (Å²) >= 11 is 1.63. The number of methoxy groups -OCH3 is 1. The molecule has 0 radical (unpaired) electrons. The van der Waals surface area contributed by atoms with Crippen LogP contribution in [0, 0.1) is 13.8 Å². The third kappa shape index (κ3) is 3.44. The van der Waals surface area contributed by atoms with Gasteiger partial charge in [-0.1, -0.05) is 0 Å². The number of anilines is 1.